The summed E-state index contributed by atoms with van der Waals surface area (Å²) in [7, 11) is 1.73. The van der Waals surface area contributed by atoms with E-state index in [1.54, 1.807) is 13.2 Å². The number of carbonyl (C=O) groups is 2. The quantitative estimate of drug-likeness (QED) is 0.123. The minimum atomic E-state index is -2.99. The van der Waals surface area contributed by atoms with E-state index < -0.39 is 12.5 Å². The number of nitrogens with one attached hydrogen (secondary N) is 2. The fraction of sp³-hybridized carbons (Fsp3) is 0.457. The molecule has 2 aromatic carbocycles. The molecule has 2 fully saturated rings. The maximum atomic E-state index is 12.7. The van der Waals surface area contributed by atoms with Crippen molar-refractivity contribution in [2.45, 2.75) is 51.2 Å². The number of anilines is 2. The summed E-state index contributed by atoms with van der Waals surface area (Å²) in [6, 6.07) is 5.76. The zero-order valence-electron chi connectivity index (χ0n) is 28.0. The summed E-state index contributed by atoms with van der Waals surface area (Å²) in [6.07, 6.45) is 8.38. The molecule has 0 spiro atoms. The second-order valence-corrected chi connectivity index (χ2v) is 13.6. The largest absolute Gasteiger partial charge is 0.492 e. The first-order valence-corrected chi connectivity index (χ1v) is 17.7. The Kier molecular flexibility index (Phi) is 13.8. The average Bonchev–Trinajstić information content (AvgIpc) is 3.81. The maximum Gasteiger partial charge on any atom is 0.387 e. The predicted octanol–water partition coefficient (Wildman–Crippen LogP) is 7.12. The molecule has 0 radical (unpaired) electrons. The molecule has 2 aliphatic heterocycles. The molecule has 1 saturated carbocycles. The number of amides is 2. The summed E-state index contributed by atoms with van der Waals surface area (Å²) in [5.41, 5.74) is 8.26. The Morgan fingerprint density at radius 3 is 2.43 bits per heavy atom. The number of hydrogen-bond acceptors (Lipinski definition) is 9. The van der Waals surface area contributed by atoms with E-state index in [0.717, 1.165) is 63.9 Å². The number of fused-ring (bicyclic) bond motifs is 1. The lowest BCUT2D eigenvalue weighted by Crippen LogP contribution is -2.45. The van der Waals surface area contributed by atoms with Gasteiger partial charge in [0.15, 0.2) is 11.5 Å². The number of ether oxygens (including phenoxy) is 4. The highest BCUT2D eigenvalue weighted by atomic mass is 35.5. The number of rotatable bonds is 13. The topological polar surface area (TPSA) is 137 Å². The van der Waals surface area contributed by atoms with Crippen molar-refractivity contribution in [3.05, 3.63) is 68.4 Å². The van der Waals surface area contributed by atoms with E-state index in [0.29, 0.717) is 47.6 Å². The molecule has 6 rings (SSSR count). The van der Waals surface area contributed by atoms with Gasteiger partial charge in [-0.05, 0) is 62.3 Å². The molecule has 11 nitrogen and oxygen atoms in total. The van der Waals surface area contributed by atoms with E-state index in [4.69, 9.17) is 54.7 Å². The van der Waals surface area contributed by atoms with Gasteiger partial charge < -0.3 is 40.2 Å². The number of halogens is 5. The van der Waals surface area contributed by atoms with E-state index in [9.17, 15) is 18.4 Å². The lowest BCUT2D eigenvalue weighted by atomic mass is 10.0. The van der Waals surface area contributed by atoms with Gasteiger partial charge in [0.05, 0.1) is 45.2 Å². The van der Waals surface area contributed by atoms with Crippen molar-refractivity contribution in [2.75, 3.05) is 57.6 Å². The van der Waals surface area contributed by atoms with Gasteiger partial charge >= 0.3 is 6.61 Å². The van der Waals surface area contributed by atoms with Crippen LogP contribution in [0.3, 0.4) is 0 Å². The van der Waals surface area contributed by atoms with Gasteiger partial charge in [0, 0.05) is 69.3 Å². The fourth-order valence-corrected chi connectivity index (χ4v) is 6.38. The molecule has 4 N–H and O–H groups in total. The summed E-state index contributed by atoms with van der Waals surface area (Å²) in [4.78, 5) is 31.4. The molecule has 16 heteroatoms. The minimum Gasteiger partial charge on any atom is -0.492 e. The Bertz CT molecular complexity index is 1670. The maximum absolute atomic E-state index is 12.7. The molecule has 3 aliphatic rings. The van der Waals surface area contributed by atoms with Gasteiger partial charge in [-0.15, -0.1) is 0 Å². The average molecular weight is 771 g/mol. The first-order chi connectivity index (χ1) is 24.5. The van der Waals surface area contributed by atoms with Crippen molar-refractivity contribution in [3.8, 4) is 17.2 Å². The van der Waals surface area contributed by atoms with Crippen LogP contribution in [0.5, 0.6) is 17.2 Å². The molecule has 51 heavy (non-hydrogen) atoms. The number of pyridine rings is 1. The van der Waals surface area contributed by atoms with Crippen LogP contribution in [0.2, 0.25) is 15.1 Å². The van der Waals surface area contributed by atoms with Crippen molar-refractivity contribution >= 4 is 58.0 Å². The molecule has 276 valence electrons. The number of nitrogens with two attached hydrogens (primary N) is 1. The number of benzene rings is 2. The highest BCUT2D eigenvalue weighted by molar-refractivity contribution is 6.39. The third kappa shape index (κ3) is 10.7. The van der Waals surface area contributed by atoms with Crippen molar-refractivity contribution < 1.29 is 37.3 Å². The monoisotopic (exact) mass is 769 g/mol. The number of alkyl halides is 2. The second kappa shape index (κ2) is 18.2. The first kappa shape index (κ1) is 38.6. The standard InChI is InChI=1S/C18H26ClN3O3.C17H14Cl2F2N2O3/c1-24-9-2-6-22-7-3-12(4-8-22)21-18(23)14-11-15(19)16(20)13-5-10-25-17(13)14;18-11-6-22-7-12(19)15(11)23-16(24)10-3-4-13(26-17(20)21)14(5-10)25-8-9-1-2-9/h11-12H,2-10,20H2,1H3,(H,21,23);3-7,9,17H,1-2,8H2,(H,22,23,24). The molecular formula is C35H40Cl3F2N5O6. The van der Waals surface area contributed by atoms with Crippen LogP contribution >= 0.6 is 34.8 Å². The Hall–Kier alpha value is -3.62. The van der Waals surface area contributed by atoms with Gasteiger partial charge in [-0.25, -0.2) is 0 Å². The smallest absolute Gasteiger partial charge is 0.387 e. The van der Waals surface area contributed by atoms with Crippen molar-refractivity contribution in [3.63, 3.8) is 0 Å². The molecule has 0 unspecified atom stereocenters. The number of methoxy groups -OCH3 is 1. The van der Waals surface area contributed by atoms with Crippen LogP contribution in [-0.4, -0.2) is 80.9 Å². The summed E-state index contributed by atoms with van der Waals surface area (Å²) in [5.74, 6) is 0.296. The normalized spacial score (nSPS) is 15.7. The van der Waals surface area contributed by atoms with Crippen molar-refractivity contribution in [1.82, 2.24) is 15.2 Å². The van der Waals surface area contributed by atoms with Crippen LogP contribution in [0.1, 0.15) is 58.4 Å². The van der Waals surface area contributed by atoms with Crippen LogP contribution in [0.25, 0.3) is 0 Å². The van der Waals surface area contributed by atoms with E-state index in [2.05, 4.69) is 25.3 Å². The zero-order valence-corrected chi connectivity index (χ0v) is 30.3. The number of carbonyl (C=O) groups excluding carboxylic acids is 2. The Balaban J connectivity index is 0.000000198. The third-order valence-corrected chi connectivity index (χ3v) is 9.53. The highest BCUT2D eigenvalue weighted by Gasteiger charge is 2.28. The molecule has 3 heterocycles. The second-order valence-electron chi connectivity index (χ2n) is 12.4. The summed E-state index contributed by atoms with van der Waals surface area (Å²) >= 11 is 18.1. The number of aromatic nitrogens is 1. The fourth-order valence-electron chi connectivity index (χ4n) is 5.70. The number of likely N-dealkylation sites (tertiary alicyclic amines) is 1. The molecular weight excluding hydrogens is 731 g/mol. The van der Waals surface area contributed by atoms with Crippen molar-refractivity contribution in [1.29, 1.82) is 0 Å². The van der Waals surface area contributed by atoms with Gasteiger partial charge in [0.2, 0.25) is 0 Å². The van der Waals surface area contributed by atoms with Crippen LogP contribution in [0, 0.1) is 5.92 Å². The summed E-state index contributed by atoms with van der Waals surface area (Å²) in [6.45, 7) is 1.75. The Labute approximate surface area is 310 Å². The number of hydrogen-bond donors (Lipinski definition) is 3. The summed E-state index contributed by atoms with van der Waals surface area (Å²) in [5, 5.41) is 6.47. The molecule has 0 bridgehead atoms. The Morgan fingerprint density at radius 2 is 1.76 bits per heavy atom. The highest BCUT2D eigenvalue weighted by Crippen LogP contribution is 2.39. The van der Waals surface area contributed by atoms with E-state index in [-0.39, 0.29) is 44.7 Å². The van der Waals surface area contributed by atoms with Crippen LogP contribution < -0.4 is 30.6 Å². The molecule has 2 amide bonds. The molecule has 1 saturated heterocycles. The molecule has 1 aromatic heterocycles. The zero-order chi connectivity index (χ0) is 36.5. The van der Waals surface area contributed by atoms with Gasteiger partial charge in [0.1, 0.15) is 5.75 Å². The van der Waals surface area contributed by atoms with E-state index in [1.807, 2.05) is 0 Å². The van der Waals surface area contributed by atoms with Crippen molar-refractivity contribution in [2.24, 2.45) is 5.92 Å². The first-order valence-electron chi connectivity index (χ1n) is 16.6. The van der Waals surface area contributed by atoms with Gasteiger partial charge in [0.25, 0.3) is 11.8 Å². The molecule has 3 aromatic rings. The van der Waals surface area contributed by atoms with Gasteiger partial charge in [-0.3, -0.25) is 14.6 Å². The lowest BCUT2D eigenvalue weighted by molar-refractivity contribution is -0.0515. The number of nitrogens with zero attached hydrogens (tertiary/aromatic N) is 2. The SMILES string of the molecule is COCCCN1CCC(NC(=O)c2cc(Cl)c(N)c3c2OCC3)CC1.O=C(Nc1c(Cl)cncc1Cl)c1ccc(OC(F)F)c(OCC2CC2)c1. The lowest BCUT2D eigenvalue weighted by Gasteiger charge is -2.32. The van der Waals surface area contributed by atoms with Crippen LogP contribution in [-0.2, 0) is 11.2 Å². The third-order valence-electron chi connectivity index (χ3n) is 8.65. The molecule has 1 aliphatic carbocycles. The molecule has 0 atom stereocenters. The Morgan fingerprint density at radius 1 is 1.04 bits per heavy atom. The van der Waals surface area contributed by atoms with E-state index >= 15 is 0 Å². The number of piperidine rings is 1. The van der Waals surface area contributed by atoms with E-state index in [1.165, 1.54) is 30.6 Å². The minimum absolute atomic E-state index is 0.0803. The van der Waals surface area contributed by atoms with Crippen LogP contribution in [0.4, 0.5) is 20.2 Å². The van der Waals surface area contributed by atoms with Gasteiger partial charge in [-0.1, -0.05) is 34.8 Å². The van der Waals surface area contributed by atoms with Gasteiger partial charge in [-0.2, -0.15) is 8.78 Å². The summed E-state index contributed by atoms with van der Waals surface area (Å²) < 4.78 is 45.8. The predicted molar refractivity (Wildman–Crippen MR) is 192 cm³/mol. The number of nitrogen functional groups attached to an aromatic ring is 1. The van der Waals surface area contributed by atoms with Crippen LogP contribution in [0.15, 0.2) is 36.7 Å².